The minimum atomic E-state index is -0.713. The van der Waals surface area contributed by atoms with Crippen molar-refractivity contribution in [3.05, 3.63) is 161 Å². The highest BCUT2D eigenvalue weighted by Crippen LogP contribution is 2.41. The Morgan fingerprint density at radius 3 is 1.60 bits per heavy atom. The van der Waals surface area contributed by atoms with Crippen LogP contribution >= 0.6 is 0 Å². The highest BCUT2D eigenvalue weighted by atomic mass is 16.5. The van der Waals surface area contributed by atoms with Crippen LogP contribution in [0.15, 0.2) is 134 Å². The molecule has 0 aliphatic carbocycles. The lowest BCUT2D eigenvalue weighted by Crippen LogP contribution is -2.33. The number of nitrogens with zero attached hydrogens (tertiary/aromatic N) is 1. The van der Waals surface area contributed by atoms with E-state index in [4.69, 9.17) is 4.74 Å². The molecule has 5 aromatic rings. The fraction of sp³-hybridized carbons (Fsp3) is 0.125. The fourth-order valence-electron chi connectivity index (χ4n) is 4.70. The predicted molar refractivity (Wildman–Crippen MR) is 141 cm³/mol. The van der Waals surface area contributed by atoms with Gasteiger partial charge in [-0.15, -0.1) is 0 Å². The van der Waals surface area contributed by atoms with Crippen molar-refractivity contribution in [2.45, 2.75) is 18.6 Å². The third-order valence-corrected chi connectivity index (χ3v) is 6.55. The topological polar surface area (TPSA) is 34.4 Å². The van der Waals surface area contributed by atoms with E-state index in [0.717, 1.165) is 28.1 Å². The number of aromatic nitrogens is 1. The molecule has 0 bridgehead atoms. The Morgan fingerprint density at radius 2 is 1.09 bits per heavy atom. The van der Waals surface area contributed by atoms with Gasteiger partial charge in [0.2, 0.25) is 0 Å². The Bertz CT molecular complexity index is 1290. The average Bonchev–Trinajstić information content (AvgIpc) is 3.33. The third kappa shape index (κ3) is 4.77. The highest BCUT2D eigenvalue weighted by molar-refractivity contribution is 5.52. The van der Waals surface area contributed by atoms with Crippen molar-refractivity contribution >= 4 is 0 Å². The Morgan fingerprint density at radius 1 is 0.600 bits per heavy atom. The van der Waals surface area contributed by atoms with Crippen molar-refractivity contribution < 1.29 is 9.84 Å². The van der Waals surface area contributed by atoms with E-state index in [9.17, 15) is 5.11 Å². The Kier molecular flexibility index (Phi) is 6.78. The molecule has 3 nitrogen and oxygen atoms in total. The van der Waals surface area contributed by atoms with Gasteiger partial charge in [-0.25, -0.2) is 0 Å². The maximum Gasteiger partial charge on any atom is 0.194 e. The molecule has 35 heavy (non-hydrogen) atoms. The van der Waals surface area contributed by atoms with Crippen molar-refractivity contribution in [1.29, 1.82) is 0 Å². The van der Waals surface area contributed by atoms with Gasteiger partial charge in [-0.3, -0.25) is 0 Å². The number of aliphatic hydroxyl groups excluding tert-OH is 1. The summed E-state index contributed by atoms with van der Waals surface area (Å²) in [7, 11) is 0. The number of aliphatic hydroxyl groups is 1. The number of hydrogen-bond donors (Lipinski definition) is 1. The van der Waals surface area contributed by atoms with Crippen LogP contribution < -0.4 is 4.74 Å². The van der Waals surface area contributed by atoms with Gasteiger partial charge in [0.15, 0.2) is 5.88 Å². The minimum absolute atomic E-state index is 0.0610. The van der Waals surface area contributed by atoms with Crippen molar-refractivity contribution in [3.63, 3.8) is 0 Å². The average molecular weight is 460 g/mol. The number of rotatable bonds is 9. The van der Waals surface area contributed by atoms with Crippen LogP contribution in [0.5, 0.6) is 5.88 Å². The van der Waals surface area contributed by atoms with Gasteiger partial charge in [0, 0.05) is 12.3 Å². The van der Waals surface area contributed by atoms with Crippen LogP contribution in [-0.4, -0.2) is 16.3 Å². The second-order valence-corrected chi connectivity index (χ2v) is 8.75. The van der Waals surface area contributed by atoms with Gasteiger partial charge >= 0.3 is 0 Å². The molecule has 0 saturated carbocycles. The van der Waals surface area contributed by atoms with Gasteiger partial charge in [0.25, 0.3) is 0 Å². The van der Waals surface area contributed by atoms with Crippen molar-refractivity contribution in [2.24, 2.45) is 0 Å². The van der Waals surface area contributed by atoms with E-state index < -0.39 is 5.41 Å². The van der Waals surface area contributed by atoms with Gasteiger partial charge in [0.05, 0.1) is 18.6 Å². The normalized spacial score (nSPS) is 11.3. The molecule has 0 saturated heterocycles. The predicted octanol–water partition coefficient (Wildman–Crippen LogP) is 6.44. The van der Waals surface area contributed by atoms with E-state index in [1.54, 1.807) is 0 Å². The van der Waals surface area contributed by atoms with Gasteiger partial charge in [-0.05, 0) is 27.8 Å². The molecular weight excluding hydrogens is 430 g/mol. The van der Waals surface area contributed by atoms with Crippen LogP contribution in [0.4, 0.5) is 0 Å². The standard InChI is InChI=1S/C32H29NO2/c34-25-32(28-17-9-3-10-18-28,29-19-11-4-12-20-29)30-21-31(35-24-27-15-7-2-8-16-27)33(23-30)22-26-13-5-1-6-14-26/h1-21,23,34H,22,24-25H2. The second kappa shape index (κ2) is 10.5. The van der Waals surface area contributed by atoms with Gasteiger partial charge in [-0.1, -0.05) is 121 Å². The zero-order chi connectivity index (χ0) is 23.9. The molecule has 0 radical (unpaired) electrons. The summed E-state index contributed by atoms with van der Waals surface area (Å²) in [6.45, 7) is 1.09. The summed E-state index contributed by atoms with van der Waals surface area (Å²) in [6.07, 6.45) is 2.13. The molecule has 0 atom stereocenters. The molecule has 0 fully saturated rings. The number of benzene rings is 4. The molecule has 0 unspecified atom stereocenters. The summed E-state index contributed by atoms with van der Waals surface area (Å²) in [5.41, 5.74) is 4.67. The molecule has 0 amide bonds. The number of hydrogen-bond acceptors (Lipinski definition) is 2. The molecule has 1 aromatic heterocycles. The molecule has 0 aliphatic rings. The van der Waals surface area contributed by atoms with Gasteiger partial charge in [-0.2, -0.15) is 0 Å². The fourth-order valence-corrected chi connectivity index (χ4v) is 4.70. The summed E-state index contributed by atoms with van der Waals surface area (Å²) in [5.74, 6) is 0.775. The largest absolute Gasteiger partial charge is 0.474 e. The van der Waals surface area contributed by atoms with E-state index in [1.807, 2.05) is 60.7 Å². The third-order valence-electron chi connectivity index (χ3n) is 6.55. The zero-order valence-corrected chi connectivity index (χ0v) is 19.6. The molecule has 4 aromatic carbocycles. The molecule has 5 rings (SSSR count). The molecule has 3 heteroatoms. The molecular formula is C32H29NO2. The van der Waals surface area contributed by atoms with E-state index in [-0.39, 0.29) is 6.61 Å². The first-order valence-corrected chi connectivity index (χ1v) is 11.9. The maximum atomic E-state index is 11.0. The highest BCUT2D eigenvalue weighted by Gasteiger charge is 2.37. The van der Waals surface area contributed by atoms with E-state index >= 15 is 0 Å². The lowest BCUT2D eigenvalue weighted by molar-refractivity contribution is 0.242. The summed E-state index contributed by atoms with van der Waals surface area (Å²) >= 11 is 0. The van der Waals surface area contributed by atoms with Crippen molar-refractivity contribution in [2.75, 3.05) is 6.61 Å². The number of ether oxygens (including phenoxy) is 1. The van der Waals surface area contributed by atoms with Gasteiger partial charge < -0.3 is 14.4 Å². The smallest absolute Gasteiger partial charge is 0.194 e. The van der Waals surface area contributed by atoms with Crippen LogP contribution in [0.1, 0.15) is 27.8 Å². The monoisotopic (exact) mass is 459 g/mol. The summed E-state index contributed by atoms with van der Waals surface area (Å²) < 4.78 is 8.51. The van der Waals surface area contributed by atoms with Crippen LogP contribution in [0, 0.1) is 0 Å². The Labute approximate surface area is 206 Å². The zero-order valence-electron chi connectivity index (χ0n) is 19.6. The molecule has 1 N–H and O–H groups in total. The Hall–Kier alpha value is -4.08. The Balaban J connectivity index is 1.62. The van der Waals surface area contributed by atoms with Crippen molar-refractivity contribution in [3.8, 4) is 5.88 Å². The molecule has 174 valence electrons. The van der Waals surface area contributed by atoms with Crippen LogP contribution in [-0.2, 0) is 18.6 Å². The molecule has 1 heterocycles. The first-order chi connectivity index (χ1) is 17.3. The van der Waals surface area contributed by atoms with Crippen LogP contribution in [0.25, 0.3) is 0 Å². The molecule has 0 spiro atoms. The van der Waals surface area contributed by atoms with Crippen LogP contribution in [0.3, 0.4) is 0 Å². The quantitative estimate of drug-likeness (QED) is 0.275. The second-order valence-electron chi connectivity index (χ2n) is 8.75. The SMILES string of the molecule is OCC(c1ccccc1)(c1ccccc1)c1cc(OCc2ccccc2)n(Cc2ccccc2)c1. The summed E-state index contributed by atoms with van der Waals surface area (Å²) in [4.78, 5) is 0. The maximum absolute atomic E-state index is 11.0. The first kappa shape index (κ1) is 22.7. The van der Waals surface area contributed by atoms with E-state index in [2.05, 4.69) is 77.5 Å². The summed E-state index contributed by atoms with van der Waals surface area (Å²) in [5, 5.41) is 11.0. The van der Waals surface area contributed by atoms with E-state index in [0.29, 0.717) is 13.2 Å². The minimum Gasteiger partial charge on any atom is -0.474 e. The lowest BCUT2D eigenvalue weighted by Gasteiger charge is -2.33. The van der Waals surface area contributed by atoms with E-state index in [1.165, 1.54) is 5.56 Å². The van der Waals surface area contributed by atoms with Gasteiger partial charge in [0.1, 0.15) is 6.61 Å². The molecule has 0 aliphatic heterocycles. The van der Waals surface area contributed by atoms with Crippen LogP contribution in [0.2, 0.25) is 0 Å². The first-order valence-electron chi connectivity index (χ1n) is 11.9. The lowest BCUT2D eigenvalue weighted by atomic mass is 9.71. The summed E-state index contributed by atoms with van der Waals surface area (Å²) in [6, 6.07) is 43.1. The van der Waals surface area contributed by atoms with Crippen molar-refractivity contribution in [1.82, 2.24) is 4.57 Å².